The number of methoxy groups -OCH3 is 1. The zero-order valence-corrected chi connectivity index (χ0v) is 22.7. The maximum absolute atomic E-state index is 11.8. The summed E-state index contributed by atoms with van der Waals surface area (Å²) in [6, 6.07) is 28.3. The highest BCUT2D eigenvalue weighted by atomic mass is 79.9. The number of fused-ring (bicyclic) bond motifs is 1. The molecule has 0 saturated heterocycles. The van der Waals surface area contributed by atoms with E-state index in [1.165, 1.54) is 12.7 Å². The molecule has 3 aromatic carbocycles. The van der Waals surface area contributed by atoms with Crippen LogP contribution in [0.15, 0.2) is 95.7 Å². The van der Waals surface area contributed by atoms with Crippen LogP contribution in [0.25, 0.3) is 10.9 Å². The Bertz CT molecular complexity index is 1520. The van der Waals surface area contributed by atoms with E-state index in [0.717, 1.165) is 45.4 Å². The van der Waals surface area contributed by atoms with Gasteiger partial charge in [0, 0.05) is 22.9 Å². The van der Waals surface area contributed by atoms with Crippen molar-refractivity contribution in [3.8, 4) is 0 Å². The third kappa shape index (κ3) is 6.51. The molecule has 0 aliphatic rings. The summed E-state index contributed by atoms with van der Waals surface area (Å²) in [6.45, 7) is 2.78. The lowest BCUT2D eigenvalue weighted by atomic mass is 10.1. The molecule has 0 amide bonds. The number of pyridine rings is 1. The number of hydrogen-bond donors (Lipinski definition) is 0. The summed E-state index contributed by atoms with van der Waals surface area (Å²) in [5, 5.41) is 9.77. The monoisotopic (exact) mass is 569 g/mol. The van der Waals surface area contributed by atoms with Gasteiger partial charge in [0.25, 0.3) is 0 Å². The lowest BCUT2D eigenvalue weighted by Crippen LogP contribution is -2.27. The molecule has 0 unspecified atom stereocenters. The highest BCUT2D eigenvalue weighted by Crippen LogP contribution is 2.17. The third-order valence-electron chi connectivity index (χ3n) is 6.46. The summed E-state index contributed by atoms with van der Waals surface area (Å²) in [5.41, 5.74) is 4.87. The molecule has 0 atom stereocenters. The number of carbonyl (C=O) groups is 1. The van der Waals surface area contributed by atoms with E-state index in [4.69, 9.17) is 9.72 Å². The van der Waals surface area contributed by atoms with E-state index in [-0.39, 0.29) is 5.97 Å². The maximum Gasteiger partial charge on any atom is 0.337 e. The number of halogens is 1. The number of esters is 1. The Hall–Kier alpha value is -3.88. The van der Waals surface area contributed by atoms with Gasteiger partial charge in [-0.3, -0.25) is 9.88 Å². The van der Waals surface area contributed by atoms with Gasteiger partial charge in [0.2, 0.25) is 0 Å². The van der Waals surface area contributed by atoms with Gasteiger partial charge in [-0.2, -0.15) is 0 Å². The van der Waals surface area contributed by atoms with Crippen molar-refractivity contribution in [3.63, 3.8) is 0 Å². The summed E-state index contributed by atoms with van der Waals surface area (Å²) in [7, 11) is 1.38. The smallest absolute Gasteiger partial charge is 0.337 e. The highest BCUT2D eigenvalue weighted by Gasteiger charge is 2.14. The van der Waals surface area contributed by atoms with Crippen molar-refractivity contribution < 1.29 is 9.53 Å². The summed E-state index contributed by atoms with van der Waals surface area (Å²) >= 11 is 3.52. The van der Waals surface area contributed by atoms with Gasteiger partial charge in [0.1, 0.15) is 12.2 Å². The van der Waals surface area contributed by atoms with Crippen LogP contribution < -0.4 is 0 Å². The van der Waals surface area contributed by atoms with Crippen LogP contribution in [0, 0.1) is 0 Å². The third-order valence-corrected chi connectivity index (χ3v) is 6.99. The number of benzene rings is 3. The van der Waals surface area contributed by atoms with Gasteiger partial charge in [0.15, 0.2) is 0 Å². The lowest BCUT2D eigenvalue weighted by Gasteiger charge is -2.22. The molecule has 8 heteroatoms. The Labute approximate surface area is 230 Å². The minimum absolute atomic E-state index is 0.342. The van der Waals surface area contributed by atoms with Crippen LogP contribution in [0.3, 0.4) is 0 Å². The van der Waals surface area contributed by atoms with Crippen LogP contribution in [0.5, 0.6) is 0 Å². The minimum Gasteiger partial charge on any atom is -0.465 e. The van der Waals surface area contributed by atoms with Crippen LogP contribution in [0.4, 0.5) is 0 Å². The van der Waals surface area contributed by atoms with Crippen LogP contribution in [0.2, 0.25) is 0 Å². The number of ether oxygens (including phenoxy) is 1. The van der Waals surface area contributed by atoms with Crippen LogP contribution in [-0.2, 0) is 30.8 Å². The predicted octanol–water partition coefficient (Wildman–Crippen LogP) is 5.67. The number of rotatable bonds is 10. The van der Waals surface area contributed by atoms with Gasteiger partial charge in [-0.1, -0.05) is 64.5 Å². The molecule has 0 radical (unpaired) electrons. The molecule has 5 aromatic rings. The molecule has 38 heavy (non-hydrogen) atoms. The summed E-state index contributed by atoms with van der Waals surface area (Å²) < 4.78 is 7.93. The highest BCUT2D eigenvalue weighted by molar-refractivity contribution is 9.10. The first-order valence-electron chi connectivity index (χ1n) is 12.4. The average molecular weight is 570 g/mol. The van der Waals surface area contributed by atoms with Gasteiger partial charge in [-0.05, 0) is 53.9 Å². The van der Waals surface area contributed by atoms with Crippen molar-refractivity contribution >= 4 is 32.8 Å². The normalized spacial score (nSPS) is 11.2. The summed E-state index contributed by atoms with van der Waals surface area (Å²) in [4.78, 5) is 19.0. The second-order valence-corrected chi connectivity index (χ2v) is 10.1. The number of nitrogens with zero attached hydrogens (tertiary/aromatic N) is 5. The van der Waals surface area contributed by atoms with Gasteiger partial charge in [-0.15, -0.1) is 10.2 Å². The van der Waals surface area contributed by atoms with E-state index < -0.39 is 0 Å². The zero-order valence-electron chi connectivity index (χ0n) is 21.1. The molecule has 0 N–H and O–H groups in total. The molecule has 0 aliphatic carbocycles. The van der Waals surface area contributed by atoms with Crippen LogP contribution >= 0.6 is 15.9 Å². The van der Waals surface area contributed by atoms with E-state index in [0.29, 0.717) is 25.2 Å². The molecule has 0 spiro atoms. The second-order valence-electron chi connectivity index (χ2n) is 9.15. The van der Waals surface area contributed by atoms with E-state index in [2.05, 4.69) is 73.5 Å². The van der Waals surface area contributed by atoms with E-state index in [1.807, 2.05) is 34.9 Å². The Morgan fingerprint density at radius 3 is 2.47 bits per heavy atom. The van der Waals surface area contributed by atoms with Gasteiger partial charge in [-0.25, -0.2) is 4.79 Å². The van der Waals surface area contributed by atoms with Crippen molar-refractivity contribution in [1.82, 2.24) is 24.6 Å². The molecule has 0 bridgehead atoms. The Kier molecular flexibility index (Phi) is 8.21. The second kappa shape index (κ2) is 12.1. The Morgan fingerprint density at radius 1 is 0.921 bits per heavy atom. The van der Waals surface area contributed by atoms with Crippen LogP contribution in [-0.4, -0.2) is 44.3 Å². The Morgan fingerprint density at radius 2 is 1.68 bits per heavy atom. The minimum atomic E-state index is -0.342. The number of aromatic nitrogens is 4. The maximum atomic E-state index is 11.8. The van der Waals surface area contributed by atoms with Gasteiger partial charge < -0.3 is 9.30 Å². The molecule has 7 nitrogen and oxygen atoms in total. The molecular weight excluding hydrogens is 542 g/mol. The van der Waals surface area contributed by atoms with Crippen LogP contribution in [0.1, 0.15) is 33.0 Å². The quantitative estimate of drug-likeness (QED) is 0.202. The average Bonchev–Trinajstić information content (AvgIpc) is 3.38. The number of hydrogen-bond acceptors (Lipinski definition) is 6. The van der Waals surface area contributed by atoms with Crippen molar-refractivity contribution in [1.29, 1.82) is 0 Å². The fourth-order valence-electron chi connectivity index (χ4n) is 4.37. The topological polar surface area (TPSA) is 73.1 Å². The molecular formula is C30H28BrN5O2. The molecule has 192 valence electrons. The fourth-order valence-corrected chi connectivity index (χ4v) is 4.64. The summed E-state index contributed by atoms with van der Waals surface area (Å²) in [5.74, 6) is 0.531. The number of para-hydroxylation sites is 1. The van der Waals surface area contributed by atoms with E-state index in [1.54, 1.807) is 18.5 Å². The lowest BCUT2D eigenvalue weighted by molar-refractivity contribution is 0.0600. The molecule has 0 aliphatic heterocycles. The first-order valence-corrected chi connectivity index (χ1v) is 13.2. The van der Waals surface area contributed by atoms with E-state index >= 15 is 0 Å². The fraction of sp³-hybridized carbons (Fsp3) is 0.200. The van der Waals surface area contributed by atoms with Crippen molar-refractivity contribution in [2.75, 3.05) is 13.7 Å². The van der Waals surface area contributed by atoms with Crippen molar-refractivity contribution in [3.05, 3.63) is 124 Å². The predicted molar refractivity (Wildman–Crippen MR) is 151 cm³/mol. The largest absolute Gasteiger partial charge is 0.465 e. The molecule has 5 rings (SSSR count). The number of carbonyl (C=O) groups excluding carboxylic acids is 1. The SMILES string of the molecule is COC(=O)c1ccc(Cn2cnnc2CN(CCc2ccc(Br)cc2)Cc2ccc3ccccc3n2)cc1. The molecule has 2 heterocycles. The molecule has 0 saturated carbocycles. The molecule has 2 aromatic heterocycles. The molecule has 0 fully saturated rings. The van der Waals surface area contributed by atoms with E-state index in [9.17, 15) is 4.79 Å². The van der Waals surface area contributed by atoms with Crippen molar-refractivity contribution in [2.45, 2.75) is 26.1 Å². The summed E-state index contributed by atoms with van der Waals surface area (Å²) in [6.07, 6.45) is 2.66. The zero-order chi connectivity index (χ0) is 26.3. The Balaban J connectivity index is 1.34. The first-order chi connectivity index (χ1) is 18.6. The standard InChI is InChI=1S/C30H28BrN5O2/c1-38-30(37)25-10-6-23(7-11-25)18-36-21-32-34-29(36)20-35(17-16-22-8-13-26(31)14-9-22)19-27-15-12-24-4-2-3-5-28(24)33-27/h2-15,21H,16-20H2,1H3. The van der Waals surface area contributed by atoms with Gasteiger partial charge in [0.05, 0.1) is 37.0 Å². The van der Waals surface area contributed by atoms with Gasteiger partial charge >= 0.3 is 5.97 Å². The van der Waals surface area contributed by atoms with Crippen molar-refractivity contribution in [2.24, 2.45) is 0 Å². The first kappa shape index (κ1) is 25.8.